The van der Waals surface area contributed by atoms with Gasteiger partial charge in [-0.25, -0.2) is 0 Å². The van der Waals surface area contributed by atoms with Crippen LogP contribution in [0.5, 0.6) is 0 Å². The van der Waals surface area contributed by atoms with Crippen LogP contribution in [-0.2, 0) is 9.53 Å². The lowest BCUT2D eigenvalue weighted by molar-refractivity contribution is -0.147. The maximum Gasteiger partial charge on any atom is 0.317 e. The summed E-state index contributed by atoms with van der Waals surface area (Å²) in [5, 5.41) is 9.66. The Kier molecular flexibility index (Phi) is 4.13. The molecule has 1 aromatic rings. The number of morpholine rings is 1. The molecule has 1 heterocycles. The summed E-state index contributed by atoms with van der Waals surface area (Å²) in [6.07, 6.45) is -0.180. The van der Waals surface area contributed by atoms with Crippen LogP contribution in [0.3, 0.4) is 0 Å². The highest BCUT2D eigenvalue weighted by Crippen LogP contribution is 2.33. The first-order chi connectivity index (χ1) is 8.90. The molecule has 0 spiro atoms. The maximum atomic E-state index is 11.0. The van der Waals surface area contributed by atoms with E-state index in [0.717, 1.165) is 5.56 Å². The van der Waals surface area contributed by atoms with Crippen molar-refractivity contribution in [3.05, 3.63) is 34.9 Å². The quantitative estimate of drug-likeness (QED) is 0.926. The van der Waals surface area contributed by atoms with Crippen molar-refractivity contribution in [1.29, 1.82) is 0 Å². The monoisotopic (exact) mass is 283 g/mol. The van der Waals surface area contributed by atoms with E-state index in [1.807, 2.05) is 43.0 Å². The number of hydrogen-bond donors (Lipinski definition) is 1. The summed E-state index contributed by atoms with van der Waals surface area (Å²) < 4.78 is 5.85. The zero-order chi connectivity index (χ0) is 14.0. The number of hydrogen-bond acceptors (Lipinski definition) is 3. The number of ether oxygens (including phenoxy) is 1. The van der Waals surface area contributed by atoms with Crippen molar-refractivity contribution < 1.29 is 14.6 Å². The van der Waals surface area contributed by atoms with Gasteiger partial charge >= 0.3 is 5.97 Å². The molecule has 0 radical (unpaired) electrons. The fourth-order valence-corrected chi connectivity index (χ4v) is 2.52. The second kappa shape index (κ2) is 5.49. The molecule has 19 heavy (non-hydrogen) atoms. The van der Waals surface area contributed by atoms with Gasteiger partial charge in [-0.15, -0.1) is 0 Å². The van der Waals surface area contributed by atoms with Crippen LogP contribution < -0.4 is 0 Å². The van der Waals surface area contributed by atoms with Crippen LogP contribution in [0.15, 0.2) is 24.3 Å². The van der Waals surface area contributed by atoms with Crippen LogP contribution in [0, 0.1) is 0 Å². The number of benzene rings is 1. The largest absolute Gasteiger partial charge is 0.480 e. The molecule has 1 aromatic carbocycles. The van der Waals surface area contributed by atoms with E-state index in [-0.39, 0.29) is 18.2 Å². The number of carbonyl (C=O) groups is 1. The van der Waals surface area contributed by atoms with Crippen molar-refractivity contribution >= 4 is 17.6 Å². The Bertz CT molecular complexity index is 476. The molecule has 104 valence electrons. The van der Waals surface area contributed by atoms with E-state index in [1.54, 1.807) is 0 Å². The minimum Gasteiger partial charge on any atom is -0.480 e. The zero-order valence-corrected chi connectivity index (χ0v) is 11.9. The minimum absolute atomic E-state index is 0.0112. The summed E-state index contributed by atoms with van der Waals surface area (Å²) >= 11 is 6.17. The Morgan fingerprint density at radius 2 is 2.21 bits per heavy atom. The zero-order valence-electron chi connectivity index (χ0n) is 11.1. The summed E-state index contributed by atoms with van der Waals surface area (Å²) in [6.45, 7) is 4.99. The van der Waals surface area contributed by atoms with E-state index in [1.165, 1.54) is 0 Å². The lowest BCUT2D eigenvalue weighted by Crippen LogP contribution is -2.55. The average Bonchev–Trinajstić information content (AvgIpc) is 2.32. The number of carboxylic acids is 1. The van der Waals surface area contributed by atoms with Crippen molar-refractivity contribution in [2.45, 2.75) is 25.5 Å². The van der Waals surface area contributed by atoms with Crippen molar-refractivity contribution in [3.8, 4) is 0 Å². The number of halogens is 1. The molecule has 1 N–H and O–H groups in total. The van der Waals surface area contributed by atoms with Gasteiger partial charge < -0.3 is 9.84 Å². The molecule has 0 aromatic heterocycles. The van der Waals surface area contributed by atoms with Gasteiger partial charge in [0.15, 0.2) is 0 Å². The van der Waals surface area contributed by atoms with E-state index in [9.17, 15) is 4.79 Å². The number of aliphatic carboxylic acids is 1. The van der Waals surface area contributed by atoms with E-state index in [0.29, 0.717) is 18.2 Å². The Hall–Kier alpha value is -1.10. The molecule has 5 heteroatoms. The third kappa shape index (κ3) is 3.26. The van der Waals surface area contributed by atoms with E-state index < -0.39 is 5.97 Å². The molecule has 1 aliphatic rings. The van der Waals surface area contributed by atoms with Crippen LogP contribution in [0.4, 0.5) is 0 Å². The molecule has 0 aliphatic carbocycles. The Morgan fingerprint density at radius 3 is 2.84 bits per heavy atom. The highest BCUT2D eigenvalue weighted by Gasteiger charge is 2.37. The fourth-order valence-electron chi connectivity index (χ4n) is 2.26. The smallest absolute Gasteiger partial charge is 0.317 e. The Morgan fingerprint density at radius 1 is 1.53 bits per heavy atom. The standard InChI is InChI=1S/C14H18ClNO3/c1-14(2)9-19-12(7-16(14)8-13(17)18)10-5-3-4-6-11(10)15/h3-6,12H,7-9H2,1-2H3,(H,17,18)/t12-/m1/s1. The van der Waals surface area contributed by atoms with Gasteiger partial charge in [-0.3, -0.25) is 9.69 Å². The molecular weight excluding hydrogens is 266 g/mol. The molecule has 0 unspecified atom stereocenters. The number of carboxylic acid groups (broad SMARTS) is 1. The van der Waals surface area contributed by atoms with Crippen LogP contribution in [0.2, 0.25) is 5.02 Å². The maximum absolute atomic E-state index is 11.0. The van der Waals surface area contributed by atoms with Gasteiger partial charge in [0.1, 0.15) is 0 Å². The molecule has 4 nitrogen and oxygen atoms in total. The third-order valence-electron chi connectivity index (χ3n) is 3.46. The SMILES string of the molecule is CC1(C)CO[C@@H](c2ccccc2Cl)CN1CC(=O)O. The minimum atomic E-state index is -0.826. The lowest BCUT2D eigenvalue weighted by Gasteiger charge is -2.44. The van der Waals surface area contributed by atoms with Crippen LogP contribution in [-0.4, -0.2) is 41.2 Å². The van der Waals surface area contributed by atoms with Crippen molar-refractivity contribution in [1.82, 2.24) is 4.90 Å². The topological polar surface area (TPSA) is 49.8 Å². The van der Waals surface area contributed by atoms with Crippen LogP contribution >= 0.6 is 11.6 Å². The summed E-state index contributed by atoms with van der Waals surface area (Å²) in [4.78, 5) is 12.9. The molecule has 0 saturated carbocycles. The highest BCUT2D eigenvalue weighted by atomic mass is 35.5. The van der Waals surface area contributed by atoms with Gasteiger partial charge in [0.05, 0.1) is 19.3 Å². The van der Waals surface area contributed by atoms with Crippen LogP contribution in [0.1, 0.15) is 25.5 Å². The second-order valence-corrected chi connectivity index (χ2v) is 5.82. The molecule has 1 atom stereocenters. The second-order valence-electron chi connectivity index (χ2n) is 5.41. The summed E-state index contributed by atoms with van der Waals surface area (Å²) in [6, 6.07) is 7.52. The van der Waals surface area contributed by atoms with Crippen molar-refractivity contribution in [2.75, 3.05) is 19.7 Å². The molecule has 1 aliphatic heterocycles. The fraction of sp³-hybridized carbons (Fsp3) is 0.500. The number of nitrogens with zero attached hydrogens (tertiary/aromatic N) is 1. The molecule has 1 saturated heterocycles. The number of rotatable bonds is 3. The third-order valence-corrected chi connectivity index (χ3v) is 3.80. The summed E-state index contributed by atoms with van der Waals surface area (Å²) in [5.41, 5.74) is 0.630. The first-order valence-corrected chi connectivity index (χ1v) is 6.61. The van der Waals surface area contributed by atoms with Gasteiger partial charge in [0.2, 0.25) is 0 Å². The molecule has 0 amide bonds. The van der Waals surface area contributed by atoms with Crippen molar-refractivity contribution in [3.63, 3.8) is 0 Å². The van der Waals surface area contributed by atoms with Crippen LogP contribution in [0.25, 0.3) is 0 Å². The summed E-state index contributed by atoms with van der Waals surface area (Å²) in [7, 11) is 0. The predicted octanol–water partition coefficient (Wildman–Crippen LogP) is 2.58. The normalized spacial score (nSPS) is 23.2. The van der Waals surface area contributed by atoms with Gasteiger partial charge in [-0.2, -0.15) is 0 Å². The predicted molar refractivity (Wildman–Crippen MR) is 73.4 cm³/mol. The molecule has 1 fully saturated rings. The van der Waals surface area contributed by atoms with Gasteiger partial charge in [0.25, 0.3) is 0 Å². The Labute approximate surface area is 117 Å². The molecule has 0 bridgehead atoms. The van der Waals surface area contributed by atoms with Gasteiger partial charge in [-0.05, 0) is 19.9 Å². The average molecular weight is 284 g/mol. The van der Waals surface area contributed by atoms with E-state index in [2.05, 4.69) is 0 Å². The molecular formula is C14H18ClNO3. The highest BCUT2D eigenvalue weighted by molar-refractivity contribution is 6.31. The van der Waals surface area contributed by atoms with E-state index >= 15 is 0 Å². The molecule has 2 rings (SSSR count). The van der Waals surface area contributed by atoms with Crippen molar-refractivity contribution in [2.24, 2.45) is 0 Å². The summed E-state index contributed by atoms with van der Waals surface area (Å²) in [5.74, 6) is -0.826. The lowest BCUT2D eigenvalue weighted by atomic mass is 9.98. The van der Waals surface area contributed by atoms with Gasteiger partial charge in [0, 0.05) is 22.7 Å². The van der Waals surface area contributed by atoms with E-state index in [4.69, 9.17) is 21.4 Å². The first kappa shape index (κ1) is 14.3. The Balaban J connectivity index is 2.18. The van der Waals surface area contributed by atoms with Gasteiger partial charge in [-0.1, -0.05) is 29.8 Å². The first-order valence-electron chi connectivity index (χ1n) is 6.23.